The Labute approximate surface area is 223 Å². The fourth-order valence-electron chi connectivity index (χ4n) is 4.16. The van der Waals surface area contributed by atoms with Gasteiger partial charge in [-0.05, 0) is 48.9 Å². The normalized spacial score (nSPS) is 14.7. The lowest BCUT2D eigenvalue weighted by Crippen LogP contribution is -2.47. The first-order valence-electron chi connectivity index (χ1n) is 12.2. The first-order valence-corrected chi connectivity index (χ1v) is 14.1. The van der Waals surface area contributed by atoms with Gasteiger partial charge in [0, 0.05) is 37.7 Å². The molecule has 0 atom stereocenters. The summed E-state index contributed by atoms with van der Waals surface area (Å²) < 4.78 is 39.7. The Hall–Kier alpha value is -2.69. The molecule has 1 aromatic heterocycles. The second-order valence-corrected chi connectivity index (χ2v) is 11.4. The predicted octanol–water partition coefficient (Wildman–Crippen LogP) is 3.79. The highest BCUT2D eigenvalue weighted by molar-refractivity contribution is 7.89. The van der Waals surface area contributed by atoms with E-state index in [-0.39, 0.29) is 30.4 Å². The number of morpholine rings is 1. The molecule has 198 valence electrons. The number of nitrogens with zero attached hydrogens (tertiary/aromatic N) is 3. The minimum atomic E-state index is -3.94. The van der Waals surface area contributed by atoms with Gasteiger partial charge < -0.3 is 14.1 Å². The summed E-state index contributed by atoms with van der Waals surface area (Å²) in [6.45, 7) is 5.46. The van der Waals surface area contributed by atoms with E-state index in [4.69, 9.17) is 20.8 Å². The van der Waals surface area contributed by atoms with Crippen LogP contribution in [0.3, 0.4) is 0 Å². The van der Waals surface area contributed by atoms with Crippen molar-refractivity contribution in [3.8, 4) is 0 Å². The monoisotopic (exact) mass is 545 g/mol. The Morgan fingerprint density at radius 3 is 2.32 bits per heavy atom. The van der Waals surface area contributed by atoms with E-state index in [1.165, 1.54) is 28.6 Å². The smallest absolute Gasteiger partial charge is 0.243 e. The Balaban J connectivity index is 1.57. The number of halogens is 1. The number of furan rings is 1. The van der Waals surface area contributed by atoms with Crippen LogP contribution in [0.25, 0.3) is 0 Å². The molecule has 1 saturated heterocycles. The van der Waals surface area contributed by atoms with E-state index >= 15 is 0 Å². The number of amides is 1. The molecule has 37 heavy (non-hydrogen) atoms. The van der Waals surface area contributed by atoms with Crippen LogP contribution in [0, 0.1) is 6.92 Å². The molecule has 3 aromatic rings. The summed E-state index contributed by atoms with van der Waals surface area (Å²) in [5, 5.41) is 0.442. The Morgan fingerprint density at radius 1 is 0.973 bits per heavy atom. The van der Waals surface area contributed by atoms with Crippen molar-refractivity contribution in [1.82, 2.24) is 14.1 Å². The number of carbonyl (C=O) groups is 1. The number of sulfonamides is 1. The summed E-state index contributed by atoms with van der Waals surface area (Å²) in [7, 11) is -3.94. The van der Waals surface area contributed by atoms with Crippen LogP contribution in [0.2, 0.25) is 5.02 Å². The molecule has 0 spiro atoms. The van der Waals surface area contributed by atoms with Crippen molar-refractivity contribution < 1.29 is 22.4 Å². The summed E-state index contributed by atoms with van der Waals surface area (Å²) >= 11 is 5.99. The average molecular weight is 546 g/mol. The molecule has 1 aliphatic heterocycles. The third-order valence-corrected chi connectivity index (χ3v) is 8.36. The van der Waals surface area contributed by atoms with Crippen molar-refractivity contribution >= 4 is 27.5 Å². The van der Waals surface area contributed by atoms with Crippen LogP contribution >= 0.6 is 11.6 Å². The number of ether oxygens (including phenoxy) is 1. The Kier molecular flexibility index (Phi) is 9.39. The van der Waals surface area contributed by atoms with Gasteiger partial charge in [0.2, 0.25) is 15.9 Å². The standard InChI is InChI=1S/C27H32ClN3O5S/c1-22-7-10-25(36-22)20-30(19-23-5-3-2-4-6-23)27(32)21-31(14-13-29-15-17-35-18-16-29)37(33,34)26-11-8-24(28)9-12-26/h2-12H,13-21H2,1H3. The zero-order valence-corrected chi connectivity index (χ0v) is 22.5. The second-order valence-electron chi connectivity index (χ2n) is 8.99. The molecule has 0 N–H and O–H groups in total. The van der Waals surface area contributed by atoms with E-state index in [1.54, 1.807) is 4.90 Å². The highest BCUT2D eigenvalue weighted by Crippen LogP contribution is 2.20. The van der Waals surface area contributed by atoms with Crippen molar-refractivity contribution in [1.29, 1.82) is 0 Å². The Morgan fingerprint density at radius 2 is 1.68 bits per heavy atom. The van der Waals surface area contributed by atoms with Crippen LogP contribution in [0.4, 0.5) is 0 Å². The summed E-state index contributed by atoms with van der Waals surface area (Å²) in [5.74, 6) is 1.08. The molecule has 4 rings (SSSR count). The van der Waals surface area contributed by atoms with Gasteiger partial charge in [-0.1, -0.05) is 41.9 Å². The van der Waals surface area contributed by atoms with Crippen molar-refractivity contribution in [2.24, 2.45) is 0 Å². The molecule has 0 saturated carbocycles. The summed E-state index contributed by atoms with van der Waals surface area (Å²) in [6.07, 6.45) is 0. The van der Waals surface area contributed by atoms with Crippen molar-refractivity contribution in [3.05, 3.63) is 88.8 Å². The fraction of sp³-hybridized carbons (Fsp3) is 0.370. The summed E-state index contributed by atoms with van der Waals surface area (Å²) in [6, 6.07) is 19.3. The number of carbonyl (C=O) groups excluding carboxylic acids is 1. The SMILES string of the molecule is Cc1ccc(CN(Cc2ccccc2)C(=O)CN(CCN2CCOCC2)S(=O)(=O)c2ccc(Cl)cc2)o1. The maximum absolute atomic E-state index is 13.7. The number of hydrogen-bond donors (Lipinski definition) is 0. The van der Waals surface area contributed by atoms with Crippen LogP contribution in [0.1, 0.15) is 17.1 Å². The average Bonchev–Trinajstić information content (AvgIpc) is 3.31. The third kappa shape index (κ3) is 7.66. The van der Waals surface area contributed by atoms with Crippen LogP contribution < -0.4 is 0 Å². The van der Waals surface area contributed by atoms with Gasteiger partial charge >= 0.3 is 0 Å². The van der Waals surface area contributed by atoms with Crippen molar-refractivity contribution in [2.75, 3.05) is 45.9 Å². The van der Waals surface area contributed by atoms with E-state index in [1.807, 2.05) is 49.4 Å². The molecule has 1 amide bonds. The van der Waals surface area contributed by atoms with E-state index in [2.05, 4.69) is 4.90 Å². The largest absolute Gasteiger partial charge is 0.464 e. The second kappa shape index (κ2) is 12.7. The van der Waals surface area contributed by atoms with Gasteiger partial charge in [0.1, 0.15) is 11.5 Å². The van der Waals surface area contributed by atoms with Crippen molar-refractivity contribution in [2.45, 2.75) is 24.9 Å². The molecule has 1 fully saturated rings. The molecule has 2 heterocycles. The van der Waals surface area contributed by atoms with Gasteiger partial charge in [0.25, 0.3) is 0 Å². The van der Waals surface area contributed by atoms with Gasteiger partial charge in [-0.2, -0.15) is 4.31 Å². The topological polar surface area (TPSA) is 83.3 Å². The molecular weight excluding hydrogens is 514 g/mol. The zero-order valence-electron chi connectivity index (χ0n) is 20.9. The van der Waals surface area contributed by atoms with Gasteiger partial charge in [0.05, 0.1) is 31.2 Å². The highest BCUT2D eigenvalue weighted by Gasteiger charge is 2.29. The minimum absolute atomic E-state index is 0.1000. The zero-order chi connectivity index (χ0) is 26.3. The lowest BCUT2D eigenvalue weighted by Gasteiger charge is -2.31. The fourth-order valence-corrected chi connectivity index (χ4v) is 5.67. The molecule has 2 aromatic carbocycles. The lowest BCUT2D eigenvalue weighted by atomic mass is 10.2. The number of aryl methyl sites for hydroxylation is 1. The first kappa shape index (κ1) is 27.3. The number of benzene rings is 2. The molecule has 0 unspecified atom stereocenters. The van der Waals surface area contributed by atoms with E-state index < -0.39 is 10.0 Å². The molecule has 10 heteroatoms. The molecule has 0 bridgehead atoms. The van der Waals surface area contributed by atoms with Gasteiger partial charge in [-0.15, -0.1) is 0 Å². The maximum atomic E-state index is 13.7. The maximum Gasteiger partial charge on any atom is 0.243 e. The highest BCUT2D eigenvalue weighted by atomic mass is 35.5. The number of hydrogen-bond acceptors (Lipinski definition) is 6. The molecule has 8 nitrogen and oxygen atoms in total. The van der Waals surface area contributed by atoms with E-state index in [0.717, 1.165) is 24.4 Å². The van der Waals surface area contributed by atoms with Crippen LogP contribution in [0.5, 0.6) is 0 Å². The lowest BCUT2D eigenvalue weighted by molar-refractivity contribution is -0.133. The van der Waals surface area contributed by atoms with Crippen molar-refractivity contribution in [3.63, 3.8) is 0 Å². The summed E-state index contributed by atoms with van der Waals surface area (Å²) in [4.78, 5) is 17.6. The number of rotatable bonds is 11. The molecular formula is C27H32ClN3O5S. The summed E-state index contributed by atoms with van der Waals surface area (Å²) in [5.41, 5.74) is 0.944. The van der Waals surface area contributed by atoms with Crippen LogP contribution in [-0.2, 0) is 32.6 Å². The Bertz CT molecular complexity index is 1260. The minimum Gasteiger partial charge on any atom is -0.464 e. The van der Waals surface area contributed by atoms with Gasteiger partial charge in [-0.25, -0.2) is 8.42 Å². The molecule has 0 radical (unpaired) electrons. The van der Waals surface area contributed by atoms with Crippen LogP contribution in [0.15, 0.2) is 76.0 Å². The van der Waals surface area contributed by atoms with Gasteiger partial charge in [0.15, 0.2) is 0 Å². The predicted molar refractivity (Wildman–Crippen MR) is 142 cm³/mol. The molecule has 0 aliphatic carbocycles. The van der Waals surface area contributed by atoms with E-state index in [0.29, 0.717) is 37.1 Å². The van der Waals surface area contributed by atoms with Crippen LogP contribution in [-0.4, -0.2) is 74.4 Å². The first-order chi connectivity index (χ1) is 17.8. The van der Waals surface area contributed by atoms with Gasteiger partial charge in [-0.3, -0.25) is 9.69 Å². The molecule has 1 aliphatic rings. The van der Waals surface area contributed by atoms with E-state index in [9.17, 15) is 13.2 Å². The third-order valence-electron chi connectivity index (χ3n) is 6.24. The quantitative estimate of drug-likeness (QED) is 0.364.